The Bertz CT molecular complexity index is 843. The summed E-state index contributed by atoms with van der Waals surface area (Å²) in [5.74, 6) is 0.206. The van der Waals surface area contributed by atoms with E-state index in [1.54, 1.807) is 0 Å². The van der Waals surface area contributed by atoms with E-state index in [4.69, 9.17) is 14.6 Å². The van der Waals surface area contributed by atoms with Gasteiger partial charge in [-0.3, -0.25) is 9.59 Å². The Morgan fingerprint density at radius 2 is 0.857 bits per heavy atom. The number of rotatable bonds is 36. The molecule has 0 spiro atoms. The highest BCUT2D eigenvalue weighted by atomic mass is 16.6. The van der Waals surface area contributed by atoms with Crippen LogP contribution in [0.4, 0.5) is 0 Å². The molecule has 0 aromatic heterocycles. The summed E-state index contributed by atoms with van der Waals surface area (Å²) in [7, 11) is 0. The van der Waals surface area contributed by atoms with Gasteiger partial charge in [-0.15, -0.1) is 0 Å². The first-order chi connectivity index (χ1) is 24.0. The van der Waals surface area contributed by atoms with Crippen LogP contribution in [0, 0.1) is 5.92 Å². The maximum absolute atomic E-state index is 12.0. The summed E-state index contributed by atoms with van der Waals surface area (Å²) in [4.78, 5) is 23.9. The number of esters is 2. The maximum atomic E-state index is 12.0. The third-order valence-electron chi connectivity index (χ3n) is 8.55. The molecule has 6 nitrogen and oxygen atoms in total. The number of hydrogen-bond acceptors (Lipinski definition) is 6. The third-order valence-corrected chi connectivity index (χ3v) is 8.55. The second kappa shape index (κ2) is 38.6. The van der Waals surface area contributed by atoms with E-state index < -0.39 is 6.10 Å². The van der Waals surface area contributed by atoms with Crippen molar-refractivity contribution in [3.63, 3.8) is 0 Å². The summed E-state index contributed by atoms with van der Waals surface area (Å²) >= 11 is 0. The molecule has 0 bridgehead atoms. The van der Waals surface area contributed by atoms with Gasteiger partial charge in [0.25, 0.3) is 0 Å². The molecular weight excluding hydrogens is 612 g/mol. The summed E-state index contributed by atoms with van der Waals surface area (Å²) in [6, 6.07) is 0. The number of allylic oxidation sites excluding steroid dienone is 8. The predicted molar refractivity (Wildman–Crippen MR) is 206 cm³/mol. The van der Waals surface area contributed by atoms with Gasteiger partial charge >= 0.3 is 11.9 Å². The number of unbranched alkanes of at least 4 members (excludes halogenated alkanes) is 17. The minimum Gasteiger partial charge on any atom is -0.463 e. The van der Waals surface area contributed by atoms with Crippen LogP contribution in [0.1, 0.15) is 181 Å². The van der Waals surface area contributed by atoms with E-state index in [9.17, 15) is 14.7 Å². The molecule has 0 aliphatic heterocycles. The fraction of sp³-hybridized carbons (Fsp3) is 0.767. The standard InChI is InChI=1S/C43H76O6/c1-40(2)34-30-26-22-18-14-10-7-8-12-16-20-24-28-32-36-43(47)49-39-41(45)38-48-42(46)35-31-27-23-19-15-11-6-4-3-5-9-13-17-21-25-29-33-37-44/h3,5-6,11,13,17,19,23,40-41,44-45H,4,7-10,12,14-16,18,20-22,24-39H2,1-2H3/b5-3-,11-6-,17-13-,23-19-/t41-/m0/s1. The van der Waals surface area contributed by atoms with Gasteiger partial charge in [0.05, 0.1) is 0 Å². The van der Waals surface area contributed by atoms with Crippen molar-refractivity contribution >= 4 is 11.9 Å². The molecule has 0 saturated heterocycles. The lowest BCUT2D eigenvalue weighted by Crippen LogP contribution is -2.25. The van der Waals surface area contributed by atoms with Crippen molar-refractivity contribution in [2.75, 3.05) is 19.8 Å². The number of carbonyl (C=O) groups excluding carboxylic acids is 2. The molecule has 0 unspecified atom stereocenters. The molecule has 0 amide bonds. The summed E-state index contributed by atoms with van der Waals surface area (Å²) in [5.41, 5.74) is 0. The van der Waals surface area contributed by atoms with Crippen LogP contribution in [-0.4, -0.2) is 48.1 Å². The zero-order chi connectivity index (χ0) is 35.9. The lowest BCUT2D eigenvalue weighted by atomic mass is 10.0. The van der Waals surface area contributed by atoms with Gasteiger partial charge in [0, 0.05) is 19.4 Å². The van der Waals surface area contributed by atoms with Crippen LogP contribution in [0.15, 0.2) is 48.6 Å². The largest absolute Gasteiger partial charge is 0.463 e. The molecule has 1 atom stereocenters. The highest BCUT2D eigenvalue weighted by molar-refractivity contribution is 5.69. The number of carbonyl (C=O) groups is 2. The molecule has 284 valence electrons. The first kappa shape index (κ1) is 46.8. The summed E-state index contributed by atoms with van der Waals surface area (Å²) in [5, 5.41) is 18.8. The minimum absolute atomic E-state index is 0.139. The number of aliphatic hydroxyl groups excluding tert-OH is 2. The Morgan fingerprint density at radius 3 is 1.31 bits per heavy atom. The van der Waals surface area contributed by atoms with E-state index in [1.807, 2.05) is 0 Å². The first-order valence-electron chi connectivity index (χ1n) is 20.2. The summed E-state index contributed by atoms with van der Waals surface area (Å²) < 4.78 is 10.3. The Kier molecular flexibility index (Phi) is 36.9. The van der Waals surface area contributed by atoms with Gasteiger partial charge < -0.3 is 19.7 Å². The zero-order valence-corrected chi connectivity index (χ0v) is 31.8. The van der Waals surface area contributed by atoms with Gasteiger partial charge in [0.2, 0.25) is 0 Å². The monoisotopic (exact) mass is 689 g/mol. The smallest absolute Gasteiger partial charge is 0.305 e. The fourth-order valence-electron chi connectivity index (χ4n) is 5.48. The van der Waals surface area contributed by atoms with Gasteiger partial charge in [0.1, 0.15) is 19.3 Å². The average Bonchev–Trinajstić information content (AvgIpc) is 3.08. The number of aliphatic hydroxyl groups is 2. The van der Waals surface area contributed by atoms with Crippen molar-refractivity contribution < 1.29 is 29.3 Å². The predicted octanol–water partition coefficient (Wildman–Crippen LogP) is 11.4. The van der Waals surface area contributed by atoms with Gasteiger partial charge in [-0.1, -0.05) is 159 Å². The normalized spacial score (nSPS) is 12.8. The van der Waals surface area contributed by atoms with Crippen molar-refractivity contribution in [2.24, 2.45) is 5.92 Å². The second-order valence-corrected chi connectivity index (χ2v) is 14.0. The topological polar surface area (TPSA) is 93.1 Å². The molecule has 49 heavy (non-hydrogen) atoms. The average molecular weight is 689 g/mol. The van der Waals surface area contributed by atoms with Crippen molar-refractivity contribution in [3.05, 3.63) is 48.6 Å². The van der Waals surface area contributed by atoms with Gasteiger partial charge in [-0.2, -0.15) is 0 Å². The zero-order valence-electron chi connectivity index (χ0n) is 31.8. The number of ether oxygens (including phenoxy) is 2. The van der Waals surface area contributed by atoms with Gasteiger partial charge in [0.15, 0.2) is 0 Å². The van der Waals surface area contributed by atoms with Crippen LogP contribution in [0.3, 0.4) is 0 Å². The van der Waals surface area contributed by atoms with Gasteiger partial charge in [-0.05, 0) is 63.7 Å². The quantitative estimate of drug-likeness (QED) is 0.0387. The van der Waals surface area contributed by atoms with E-state index in [1.165, 1.54) is 77.0 Å². The molecule has 6 heteroatoms. The first-order valence-corrected chi connectivity index (χ1v) is 20.2. The Hall–Kier alpha value is -2.18. The third kappa shape index (κ3) is 40.1. The van der Waals surface area contributed by atoms with Crippen molar-refractivity contribution in [3.8, 4) is 0 Å². The van der Waals surface area contributed by atoms with Crippen molar-refractivity contribution in [1.29, 1.82) is 0 Å². The molecule has 0 aliphatic rings. The van der Waals surface area contributed by atoms with E-state index >= 15 is 0 Å². The van der Waals surface area contributed by atoms with E-state index in [2.05, 4.69) is 62.5 Å². The Balaban J connectivity index is 3.52. The van der Waals surface area contributed by atoms with E-state index in [0.29, 0.717) is 25.9 Å². The van der Waals surface area contributed by atoms with Crippen LogP contribution in [0.2, 0.25) is 0 Å². The fourth-order valence-corrected chi connectivity index (χ4v) is 5.48. The maximum Gasteiger partial charge on any atom is 0.305 e. The molecule has 0 fully saturated rings. The molecule has 0 rings (SSSR count). The van der Waals surface area contributed by atoms with Crippen molar-refractivity contribution in [2.45, 2.75) is 187 Å². The number of hydrogen-bond donors (Lipinski definition) is 2. The van der Waals surface area contributed by atoms with E-state index in [-0.39, 0.29) is 25.2 Å². The molecule has 2 N–H and O–H groups in total. The minimum atomic E-state index is -0.992. The van der Waals surface area contributed by atoms with Crippen LogP contribution in [-0.2, 0) is 19.1 Å². The lowest BCUT2D eigenvalue weighted by Gasteiger charge is -2.12. The molecule has 0 radical (unpaired) electrons. The lowest BCUT2D eigenvalue weighted by molar-refractivity contribution is -0.152. The molecule has 0 saturated carbocycles. The Labute approximate surface area is 301 Å². The highest BCUT2D eigenvalue weighted by Crippen LogP contribution is 2.15. The molecular formula is C43H76O6. The SMILES string of the molecule is CC(C)CCCCCCCCCCCCCCCCC(=O)OC[C@@H](O)COC(=O)CCC/C=C\C/C=C\C/C=C\C/C=C\CCCCCO. The summed E-state index contributed by atoms with van der Waals surface area (Å²) in [6.45, 7) is 4.62. The van der Waals surface area contributed by atoms with Crippen LogP contribution < -0.4 is 0 Å². The second-order valence-electron chi connectivity index (χ2n) is 14.0. The molecule has 0 aromatic rings. The summed E-state index contributed by atoms with van der Waals surface area (Å²) in [6.07, 6.45) is 44.7. The highest BCUT2D eigenvalue weighted by Gasteiger charge is 2.12. The van der Waals surface area contributed by atoms with Crippen LogP contribution >= 0.6 is 0 Å². The van der Waals surface area contributed by atoms with Crippen LogP contribution in [0.5, 0.6) is 0 Å². The van der Waals surface area contributed by atoms with Crippen LogP contribution in [0.25, 0.3) is 0 Å². The molecule has 0 aliphatic carbocycles. The molecule has 0 heterocycles. The Morgan fingerprint density at radius 1 is 0.490 bits per heavy atom. The van der Waals surface area contributed by atoms with Crippen molar-refractivity contribution in [1.82, 2.24) is 0 Å². The van der Waals surface area contributed by atoms with Gasteiger partial charge in [-0.25, -0.2) is 0 Å². The molecule has 0 aromatic carbocycles. The van der Waals surface area contributed by atoms with E-state index in [0.717, 1.165) is 76.5 Å².